The highest BCUT2D eigenvalue weighted by Gasteiger charge is 2.25. The highest BCUT2D eigenvalue weighted by Crippen LogP contribution is 2.15. The lowest BCUT2D eigenvalue weighted by atomic mass is 10.0. The zero-order valence-electron chi connectivity index (χ0n) is 14.0. The first kappa shape index (κ1) is 16.5. The molecule has 1 aromatic rings. The first-order chi connectivity index (χ1) is 10.0. The molecule has 2 rings (SSSR count). The van der Waals surface area contributed by atoms with Gasteiger partial charge in [-0.1, -0.05) is 44.2 Å². The summed E-state index contributed by atoms with van der Waals surface area (Å²) in [6.07, 6.45) is 1.27. The molecule has 3 heteroatoms. The maximum absolute atomic E-state index is 3.88. The van der Waals surface area contributed by atoms with Gasteiger partial charge in [0.1, 0.15) is 0 Å². The van der Waals surface area contributed by atoms with Crippen LogP contribution in [0.5, 0.6) is 0 Å². The fourth-order valence-corrected chi connectivity index (χ4v) is 3.11. The normalized spacial score (nSPS) is 21.3. The minimum Gasteiger partial charge on any atom is -0.308 e. The van der Waals surface area contributed by atoms with Gasteiger partial charge in [0.05, 0.1) is 0 Å². The van der Waals surface area contributed by atoms with Crippen molar-refractivity contribution in [2.75, 3.05) is 33.7 Å². The summed E-state index contributed by atoms with van der Waals surface area (Å²) < 4.78 is 0. The molecule has 1 aliphatic heterocycles. The summed E-state index contributed by atoms with van der Waals surface area (Å²) in [6.45, 7) is 9.21. The van der Waals surface area contributed by atoms with Gasteiger partial charge in [-0.25, -0.2) is 0 Å². The Morgan fingerprint density at radius 3 is 2.57 bits per heavy atom. The Hall–Kier alpha value is -0.900. The van der Waals surface area contributed by atoms with E-state index in [0.29, 0.717) is 18.0 Å². The van der Waals surface area contributed by atoms with Crippen LogP contribution in [-0.2, 0) is 6.54 Å². The molecule has 0 saturated carbocycles. The quantitative estimate of drug-likeness (QED) is 0.832. The highest BCUT2D eigenvalue weighted by molar-refractivity contribution is 5.14. The van der Waals surface area contributed by atoms with Crippen LogP contribution in [0.2, 0.25) is 0 Å². The van der Waals surface area contributed by atoms with E-state index in [2.05, 4.69) is 73.4 Å². The number of nitrogens with zero attached hydrogens (tertiary/aromatic N) is 2. The molecule has 0 aliphatic carbocycles. The predicted octanol–water partition coefficient (Wildman–Crippen LogP) is 2.44. The molecule has 0 spiro atoms. The van der Waals surface area contributed by atoms with Crippen molar-refractivity contribution in [2.24, 2.45) is 5.92 Å². The second-order valence-electron chi connectivity index (χ2n) is 6.99. The first-order valence-corrected chi connectivity index (χ1v) is 8.21. The van der Waals surface area contributed by atoms with Crippen molar-refractivity contribution in [1.29, 1.82) is 0 Å². The molecule has 0 amide bonds. The molecule has 0 bridgehead atoms. The van der Waals surface area contributed by atoms with Crippen LogP contribution in [0.25, 0.3) is 0 Å². The van der Waals surface area contributed by atoms with Crippen molar-refractivity contribution >= 4 is 0 Å². The molecule has 1 aromatic carbocycles. The number of benzene rings is 1. The Labute approximate surface area is 130 Å². The van der Waals surface area contributed by atoms with E-state index in [-0.39, 0.29) is 0 Å². The number of likely N-dealkylation sites (N-methyl/N-ethyl adjacent to an activating group) is 1. The lowest BCUT2D eigenvalue weighted by Gasteiger charge is -2.29. The van der Waals surface area contributed by atoms with Gasteiger partial charge < -0.3 is 10.2 Å². The van der Waals surface area contributed by atoms with Gasteiger partial charge >= 0.3 is 0 Å². The Balaban J connectivity index is 1.81. The fourth-order valence-electron chi connectivity index (χ4n) is 3.11. The average molecular weight is 289 g/mol. The number of hydrogen-bond acceptors (Lipinski definition) is 3. The first-order valence-electron chi connectivity index (χ1n) is 8.21. The third-order valence-corrected chi connectivity index (χ3v) is 4.34. The van der Waals surface area contributed by atoms with E-state index in [9.17, 15) is 0 Å². The van der Waals surface area contributed by atoms with Gasteiger partial charge in [-0.15, -0.1) is 0 Å². The van der Waals surface area contributed by atoms with Gasteiger partial charge in [-0.3, -0.25) is 4.90 Å². The maximum Gasteiger partial charge on any atom is 0.0234 e. The summed E-state index contributed by atoms with van der Waals surface area (Å²) in [5.41, 5.74) is 1.42. The number of rotatable bonds is 7. The Morgan fingerprint density at radius 2 is 1.95 bits per heavy atom. The lowest BCUT2D eigenvalue weighted by Crippen LogP contribution is -2.47. The van der Waals surface area contributed by atoms with Crippen LogP contribution < -0.4 is 5.32 Å². The molecule has 1 N–H and O–H groups in total. The number of hydrogen-bond donors (Lipinski definition) is 1. The summed E-state index contributed by atoms with van der Waals surface area (Å²) in [6, 6.07) is 12.0. The summed E-state index contributed by atoms with van der Waals surface area (Å²) in [5, 5.41) is 3.88. The Morgan fingerprint density at radius 1 is 1.24 bits per heavy atom. The van der Waals surface area contributed by atoms with E-state index in [1.54, 1.807) is 0 Å². The molecule has 2 unspecified atom stereocenters. The minimum atomic E-state index is 0.585. The molecule has 2 atom stereocenters. The minimum absolute atomic E-state index is 0.585. The lowest BCUT2D eigenvalue weighted by molar-refractivity contribution is 0.260. The van der Waals surface area contributed by atoms with Crippen molar-refractivity contribution < 1.29 is 0 Å². The number of nitrogens with one attached hydrogen (secondary N) is 1. The second kappa shape index (κ2) is 7.92. The standard InChI is InChI=1S/C18H31N3/c1-15(2)18(14-20(3)4)19-17-10-11-21(13-17)12-16-8-6-5-7-9-16/h5-9,15,17-19H,10-14H2,1-4H3. The van der Waals surface area contributed by atoms with Crippen molar-refractivity contribution in [3.8, 4) is 0 Å². The third kappa shape index (κ3) is 5.42. The second-order valence-corrected chi connectivity index (χ2v) is 6.99. The zero-order chi connectivity index (χ0) is 15.2. The fraction of sp³-hybridized carbons (Fsp3) is 0.667. The van der Waals surface area contributed by atoms with Crippen LogP contribution in [0, 0.1) is 5.92 Å². The molecule has 3 nitrogen and oxygen atoms in total. The molecular formula is C18H31N3. The zero-order valence-corrected chi connectivity index (χ0v) is 14.0. The molecule has 0 radical (unpaired) electrons. The molecule has 1 aliphatic rings. The van der Waals surface area contributed by atoms with Crippen LogP contribution in [-0.4, -0.2) is 55.6 Å². The molecule has 1 heterocycles. The van der Waals surface area contributed by atoms with Crippen molar-refractivity contribution in [2.45, 2.75) is 38.9 Å². The van der Waals surface area contributed by atoms with Crippen LogP contribution >= 0.6 is 0 Å². The highest BCUT2D eigenvalue weighted by atomic mass is 15.2. The summed E-state index contributed by atoms with van der Waals surface area (Å²) >= 11 is 0. The molecule has 1 saturated heterocycles. The van der Waals surface area contributed by atoms with Gasteiger partial charge in [0.2, 0.25) is 0 Å². The van der Waals surface area contributed by atoms with Gasteiger partial charge in [-0.05, 0) is 32.0 Å². The maximum atomic E-state index is 3.88. The largest absolute Gasteiger partial charge is 0.308 e. The van der Waals surface area contributed by atoms with Crippen LogP contribution in [0.3, 0.4) is 0 Å². The Bertz CT molecular complexity index is 402. The van der Waals surface area contributed by atoms with E-state index in [0.717, 1.165) is 13.1 Å². The van der Waals surface area contributed by atoms with Gasteiger partial charge in [-0.2, -0.15) is 0 Å². The molecule has 118 valence electrons. The average Bonchev–Trinajstić information content (AvgIpc) is 2.86. The topological polar surface area (TPSA) is 18.5 Å². The summed E-state index contributed by atoms with van der Waals surface area (Å²) in [7, 11) is 4.32. The van der Waals surface area contributed by atoms with Crippen LogP contribution in [0.15, 0.2) is 30.3 Å². The van der Waals surface area contributed by atoms with E-state index < -0.39 is 0 Å². The van der Waals surface area contributed by atoms with Crippen LogP contribution in [0.1, 0.15) is 25.8 Å². The van der Waals surface area contributed by atoms with Crippen molar-refractivity contribution in [1.82, 2.24) is 15.1 Å². The SMILES string of the molecule is CC(C)C(CN(C)C)NC1CCN(Cc2ccccc2)C1. The van der Waals surface area contributed by atoms with Gasteiger partial charge in [0.15, 0.2) is 0 Å². The van der Waals surface area contributed by atoms with E-state index >= 15 is 0 Å². The van der Waals surface area contributed by atoms with E-state index in [1.165, 1.54) is 25.1 Å². The van der Waals surface area contributed by atoms with Crippen LogP contribution in [0.4, 0.5) is 0 Å². The summed E-state index contributed by atoms with van der Waals surface area (Å²) in [5.74, 6) is 0.676. The summed E-state index contributed by atoms with van der Waals surface area (Å²) in [4.78, 5) is 4.86. The third-order valence-electron chi connectivity index (χ3n) is 4.34. The predicted molar refractivity (Wildman–Crippen MR) is 90.4 cm³/mol. The monoisotopic (exact) mass is 289 g/mol. The molecule has 21 heavy (non-hydrogen) atoms. The van der Waals surface area contributed by atoms with Gasteiger partial charge in [0, 0.05) is 38.3 Å². The van der Waals surface area contributed by atoms with Gasteiger partial charge in [0.25, 0.3) is 0 Å². The van der Waals surface area contributed by atoms with Crippen molar-refractivity contribution in [3.05, 3.63) is 35.9 Å². The Kier molecular flexibility index (Phi) is 6.22. The molecule has 0 aromatic heterocycles. The smallest absolute Gasteiger partial charge is 0.0234 e. The number of likely N-dealkylation sites (tertiary alicyclic amines) is 1. The molecular weight excluding hydrogens is 258 g/mol. The molecule has 1 fully saturated rings. The van der Waals surface area contributed by atoms with E-state index in [1.807, 2.05) is 0 Å². The van der Waals surface area contributed by atoms with Crippen molar-refractivity contribution in [3.63, 3.8) is 0 Å². The van der Waals surface area contributed by atoms with E-state index in [4.69, 9.17) is 0 Å².